The first kappa shape index (κ1) is 23.4. The number of benzene rings is 2. The van der Waals surface area contributed by atoms with Crippen molar-refractivity contribution in [2.75, 3.05) is 27.8 Å². The van der Waals surface area contributed by atoms with Gasteiger partial charge in [0.25, 0.3) is 0 Å². The van der Waals surface area contributed by atoms with Crippen molar-refractivity contribution >= 4 is 23.1 Å². The molecule has 0 aromatic heterocycles. The zero-order valence-corrected chi connectivity index (χ0v) is 19.8. The monoisotopic (exact) mass is 461 g/mol. The minimum atomic E-state index is -0.346. The molecule has 2 aliphatic carbocycles. The number of phenolic OH excluding ortho intramolecular Hbond substituents is 1. The predicted molar refractivity (Wildman–Crippen MR) is 132 cm³/mol. The van der Waals surface area contributed by atoms with E-state index in [1.165, 1.54) is 31.9 Å². The normalized spacial score (nSPS) is 15.6. The molecular weight excluding hydrogens is 433 g/mol. The van der Waals surface area contributed by atoms with E-state index in [-0.39, 0.29) is 35.4 Å². The average Bonchev–Trinajstić information content (AvgIpc) is 3.42. The van der Waals surface area contributed by atoms with Crippen LogP contribution in [0.5, 0.6) is 17.2 Å². The van der Waals surface area contributed by atoms with Crippen molar-refractivity contribution in [3.05, 3.63) is 82.2 Å². The fourth-order valence-electron chi connectivity index (χ4n) is 4.43. The molecule has 0 aliphatic heterocycles. The lowest BCUT2D eigenvalue weighted by Gasteiger charge is -2.19. The van der Waals surface area contributed by atoms with Gasteiger partial charge >= 0.3 is 0 Å². The van der Waals surface area contributed by atoms with Gasteiger partial charge in [-0.2, -0.15) is 0 Å². The van der Waals surface area contributed by atoms with Gasteiger partial charge in [0.2, 0.25) is 11.7 Å². The number of likely N-dealkylation sites (N-methyl/N-ethyl adjacent to an activating group) is 1. The van der Waals surface area contributed by atoms with Gasteiger partial charge in [0, 0.05) is 13.6 Å². The molecule has 34 heavy (non-hydrogen) atoms. The van der Waals surface area contributed by atoms with E-state index >= 15 is 0 Å². The molecule has 2 aromatic carbocycles. The Morgan fingerprint density at radius 3 is 2.47 bits per heavy atom. The smallest absolute Gasteiger partial charge is 0.227 e. The number of fused-ring (bicyclic) bond motifs is 1. The summed E-state index contributed by atoms with van der Waals surface area (Å²) >= 11 is 0. The lowest BCUT2D eigenvalue weighted by molar-refractivity contribution is -0.128. The Balaban J connectivity index is 1.71. The van der Waals surface area contributed by atoms with Crippen LogP contribution < -0.4 is 9.47 Å². The van der Waals surface area contributed by atoms with Crippen molar-refractivity contribution < 1.29 is 23.8 Å². The van der Waals surface area contributed by atoms with E-state index in [1.807, 2.05) is 25.2 Å². The Hall–Kier alpha value is -3.80. The Morgan fingerprint density at radius 2 is 1.85 bits per heavy atom. The molecule has 0 heterocycles. The van der Waals surface area contributed by atoms with E-state index in [1.54, 1.807) is 30.1 Å². The molecule has 0 unspecified atom stereocenters. The maximum atomic E-state index is 14.2. The number of hydrogen-bond donors (Lipinski definition) is 1. The number of rotatable bonds is 7. The highest BCUT2D eigenvalue weighted by molar-refractivity contribution is 6.08. The van der Waals surface area contributed by atoms with Crippen molar-refractivity contribution in [1.82, 2.24) is 4.90 Å². The second-order valence-electron chi connectivity index (χ2n) is 8.51. The van der Waals surface area contributed by atoms with E-state index < -0.39 is 0 Å². The van der Waals surface area contributed by atoms with Crippen LogP contribution in [0, 0.1) is 5.82 Å². The zero-order chi connectivity index (χ0) is 24.4. The second-order valence-corrected chi connectivity index (χ2v) is 8.51. The van der Waals surface area contributed by atoms with Crippen LogP contribution in [0.1, 0.15) is 36.5 Å². The number of carbonyl (C=O) groups is 1. The maximum absolute atomic E-state index is 14.2. The van der Waals surface area contributed by atoms with Gasteiger partial charge in [0.05, 0.1) is 20.6 Å². The minimum absolute atomic E-state index is 0.0217. The van der Waals surface area contributed by atoms with Crippen molar-refractivity contribution in [2.45, 2.75) is 19.8 Å². The van der Waals surface area contributed by atoms with Crippen LogP contribution in [0.4, 0.5) is 4.39 Å². The molecule has 0 spiro atoms. The first-order chi connectivity index (χ1) is 16.3. The molecule has 0 saturated heterocycles. The molecular formula is C28H28FNO4. The summed E-state index contributed by atoms with van der Waals surface area (Å²) < 4.78 is 24.8. The first-order valence-corrected chi connectivity index (χ1v) is 11.1. The third-order valence-electron chi connectivity index (χ3n) is 6.31. The van der Waals surface area contributed by atoms with Gasteiger partial charge in [0.15, 0.2) is 11.5 Å². The third-order valence-corrected chi connectivity index (χ3v) is 6.31. The molecule has 2 aromatic rings. The Morgan fingerprint density at radius 1 is 1.15 bits per heavy atom. The first-order valence-electron chi connectivity index (χ1n) is 11.1. The molecule has 176 valence electrons. The number of amides is 1. The van der Waals surface area contributed by atoms with Gasteiger partial charge in [-0.1, -0.05) is 24.3 Å². The molecule has 2 aliphatic rings. The Bertz CT molecular complexity index is 1240. The standard InChI is InChI=1S/C28H28FNO4/c1-17-22(11-19-12-25(33-3)28(32)26(13-19)34-4)21-10-9-20(29)14-24(21)23(17)15-27(31)30(2)16-18-7-5-6-8-18/h5-7,9-14,32H,8,15-16H2,1-4H3/b22-11-. The van der Waals surface area contributed by atoms with Crippen LogP contribution in [0.15, 0.2) is 59.7 Å². The van der Waals surface area contributed by atoms with Crippen LogP contribution in [0.2, 0.25) is 0 Å². The zero-order valence-electron chi connectivity index (χ0n) is 19.8. The molecule has 0 atom stereocenters. The lowest BCUT2D eigenvalue weighted by atomic mass is 10.00. The molecule has 0 radical (unpaired) electrons. The lowest BCUT2D eigenvalue weighted by Crippen LogP contribution is -2.28. The number of nitrogens with zero attached hydrogens (tertiary/aromatic N) is 1. The van der Waals surface area contributed by atoms with Crippen molar-refractivity contribution in [2.24, 2.45) is 0 Å². The van der Waals surface area contributed by atoms with Gasteiger partial charge in [-0.15, -0.1) is 0 Å². The second kappa shape index (κ2) is 9.59. The summed E-state index contributed by atoms with van der Waals surface area (Å²) in [6.07, 6.45) is 9.09. The fraction of sp³-hybridized carbons (Fsp3) is 0.250. The number of ether oxygens (including phenoxy) is 2. The average molecular weight is 462 g/mol. The minimum Gasteiger partial charge on any atom is -0.502 e. The van der Waals surface area contributed by atoms with Crippen molar-refractivity contribution in [1.29, 1.82) is 0 Å². The summed E-state index contributed by atoms with van der Waals surface area (Å²) in [4.78, 5) is 14.8. The maximum Gasteiger partial charge on any atom is 0.227 e. The van der Waals surface area contributed by atoms with Gasteiger partial charge in [-0.05, 0) is 82.7 Å². The van der Waals surface area contributed by atoms with E-state index in [0.717, 1.165) is 39.8 Å². The highest BCUT2D eigenvalue weighted by Gasteiger charge is 2.27. The molecule has 5 nitrogen and oxygen atoms in total. The molecule has 4 rings (SSSR count). The molecule has 1 N–H and O–H groups in total. The number of carbonyl (C=O) groups excluding carboxylic acids is 1. The summed E-state index contributed by atoms with van der Waals surface area (Å²) in [5.41, 5.74) is 6.14. The number of phenols is 1. The van der Waals surface area contributed by atoms with E-state index in [9.17, 15) is 14.3 Å². The molecule has 0 saturated carbocycles. The number of aromatic hydroxyl groups is 1. The van der Waals surface area contributed by atoms with E-state index in [0.29, 0.717) is 6.54 Å². The van der Waals surface area contributed by atoms with E-state index in [2.05, 4.69) is 6.08 Å². The largest absolute Gasteiger partial charge is 0.502 e. The molecule has 0 fully saturated rings. The van der Waals surface area contributed by atoms with Crippen LogP contribution in [0.3, 0.4) is 0 Å². The summed E-state index contributed by atoms with van der Waals surface area (Å²) in [6, 6.07) is 8.08. The molecule has 1 amide bonds. The van der Waals surface area contributed by atoms with Gasteiger partial charge < -0.3 is 19.5 Å². The number of hydrogen-bond acceptors (Lipinski definition) is 4. The van der Waals surface area contributed by atoms with Crippen LogP contribution in [-0.4, -0.2) is 43.7 Å². The van der Waals surface area contributed by atoms with E-state index in [4.69, 9.17) is 9.47 Å². The Labute approximate surface area is 199 Å². The SMILES string of the molecule is COc1cc(/C=C2/C(C)=C(CC(=O)N(C)CC3=CC=CC3)c3cc(F)ccc32)cc(OC)c1O. The highest BCUT2D eigenvalue weighted by atomic mass is 19.1. The van der Waals surface area contributed by atoms with Gasteiger partial charge in [-0.3, -0.25) is 4.79 Å². The summed E-state index contributed by atoms with van der Waals surface area (Å²) in [7, 11) is 4.74. The topological polar surface area (TPSA) is 59.0 Å². The predicted octanol–water partition coefficient (Wildman–Crippen LogP) is 5.61. The van der Waals surface area contributed by atoms with Gasteiger partial charge in [0.1, 0.15) is 5.82 Å². The number of allylic oxidation sites excluding steroid dienone is 5. The fourth-order valence-corrected chi connectivity index (χ4v) is 4.43. The van der Waals surface area contributed by atoms with Crippen molar-refractivity contribution in [3.8, 4) is 17.2 Å². The number of halogens is 1. The van der Waals surface area contributed by atoms with Crippen LogP contribution in [0.25, 0.3) is 17.2 Å². The summed E-state index contributed by atoms with van der Waals surface area (Å²) in [6.45, 7) is 2.52. The van der Waals surface area contributed by atoms with Crippen LogP contribution >= 0.6 is 0 Å². The van der Waals surface area contributed by atoms with Crippen molar-refractivity contribution in [3.63, 3.8) is 0 Å². The summed E-state index contributed by atoms with van der Waals surface area (Å²) in [5, 5.41) is 10.2. The van der Waals surface area contributed by atoms with Gasteiger partial charge in [-0.25, -0.2) is 4.39 Å². The number of methoxy groups -OCH3 is 2. The highest BCUT2D eigenvalue weighted by Crippen LogP contribution is 2.45. The van der Waals surface area contributed by atoms with Crippen LogP contribution in [-0.2, 0) is 4.79 Å². The third kappa shape index (κ3) is 4.49. The quantitative estimate of drug-likeness (QED) is 0.582. The Kier molecular flexibility index (Phi) is 6.59. The summed E-state index contributed by atoms with van der Waals surface area (Å²) in [5.74, 6) is 0.138. The molecule has 6 heteroatoms. The molecule has 0 bridgehead atoms.